The molecule has 0 radical (unpaired) electrons. The number of amides is 1. The Morgan fingerprint density at radius 2 is 1.85 bits per heavy atom. The van der Waals surface area contributed by atoms with E-state index in [0.717, 1.165) is 43.6 Å². The Morgan fingerprint density at radius 3 is 2.48 bits per heavy atom. The van der Waals surface area contributed by atoms with Gasteiger partial charge in [-0.25, -0.2) is 0 Å². The van der Waals surface area contributed by atoms with Crippen LogP contribution >= 0.6 is 0 Å². The molecule has 1 saturated heterocycles. The maximum Gasteiger partial charge on any atom is 0.306 e. The lowest BCUT2D eigenvalue weighted by Crippen LogP contribution is -2.28. The Hall–Kier alpha value is -2.08. The fourth-order valence-electron chi connectivity index (χ4n) is 3.82. The number of carbonyl (C=O) groups is 2. The molecule has 0 spiro atoms. The van der Waals surface area contributed by atoms with Crippen molar-refractivity contribution in [3.8, 4) is 5.75 Å². The van der Waals surface area contributed by atoms with Crippen LogP contribution in [0, 0.1) is 11.8 Å². The molecule has 0 aromatic heterocycles. The van der Waals surface area contributed by atoms with E-state index in [4.69, 9.17) is 14.6 Å². The summed E-state index contributed by atoms with van der Waals surface area (Å²) in [6, 6.07) is 7.76. The summed E-state index contributed by atoms with van der Waals surface area (Å²) in [4.78, 5) is 23.1. The summed E-state index contributed by atoms with van der Waals surface area (Å²) in [5.74, 6) is 0.212. The molecule has 1 heterocycles. The van der Waals surface area contributed by atoms with Gasteiger partial charge in [-0.2, -0.15) is 0 Å². The van der Waals surface area contributed by atoms with E-state index in [-0.39, 0.29) is 17.9 Å². The molecule has 3 rings (SSSR count). The van der Waals surface area contributed by atoms with Crippen molar-refractivity contribution in [3.63, 3.8) is 0 Å². The van der Waals surface area contributed by atoms with Crippen LogP contribution in [-0.4, -0.2) is 36.3 Å². The van der Waals surface area contributed by atoms with Crippen molar-refractivity contribution in [3.05, 3.63) is 29.8 Å². The first-order valence-electron chi connectivity index (χ1n) is 9.93. The highest BCUT2D eigenvalue weighted by Crippen LogP contribution is 2.30. The number of aliphatic carboxylic acids is 1. The maximum atomic E-state index is 12.2. The second kappa shape index (κ2) is 9.74. The molecule has 2 N–H and O–H groups in total. The molecular weight excluding hydrogens is 346 g/mol. The Labute approximate surface area is 160 Å². The number of hydrogen-bond acceptors (Lipinski definition) is 4. The zero-order valence-electron chi connectivity index (χ0n) is 15.7. The summed E-state index contributed by atoms with van der Waals surface area (Å²) in [6.45, 7) is 1.91. The molecule has 1 aliphatic carbocycles. The normalized spacial score (nSPS) is 25.1. The number of carbonyl (C=O) groups excluding carboxylic acids is 1. The molecule has 6 heteroatoms. The molecule has 2 aliphatic rings. The quantitative estimate of drug-likeness (QED) is 0.729. The average molecular weight is 375 g/mol. The van der Waals surface area contributed by atoms with Gasteiger partial charge in [0.25, 0.3) is 0 Å². The van der Waals surface area contributed by atoms with Gasteiger partial charge in [-0.15, -0.1) is 0 Å². The molecule has 1 aromatic rings. The van der Waals surface area contributed by atoms with Crippen LogP contribution in [0.2, 0.25) is 0 Å². The zero-order valence-corrected chi connectivity index (χ0v) is 15.7. The van der Waals surface area contributed by atoms with Crippen molar-refractivity contribution in [2.75, 3.05) is 13.2 Å². The minimum Gasteiger partial charge on any atom is -0.491 e. The second-order valence-electron chi connectivity index (χ2n) is 7.63. The Kier molecular flexibility index (Phi) is 7.10. The van der Waals surface area contributed by atoms with Gasteiger partial charge in [-0.3, -0.25) is 9.59 Å². The van der Waals surface area contributed by atoms with E-state index < -0.39 is 5.97 Å². The van der Waals surface area contributed by atoms with E-state index in [1.807, 2.05) is 24.3 Å². The standard InChI is InChI=1S/C21H29NO5/c23-20(12-15-3-7-17(8-4-15)21(24)25)22-13-16-5-9-18(10-6-16)27-14-19-2-1-11-26-19/h5-6,9-10,15,17,19H,1-4,7-8,11-14H2,(H,22,23)(H,24,25). The van der Waals surface area contributed by atoms with Crippen molar-refractivity contribution < 1.29 is 24.2 Å². The Morgan fingerprint density at radius 1 is 1.11 bits per heavy atom. The molecule has 1 saturated carbocycles. The van der Waals surface area contributed by atoms with Gasteiger partial charge in [0, 0.05) is 19.6 Å². The Balaban J connectivity index is 1.34. The van der Waals surface area contributed by atoms with Gasteiger partial charge >= 0.3 is 5.97 Å². The molecule has 1 amide bonds. The number of ether oxygens (including phenoxy) is 2. The van der Waals surface area contributed by atoms with Crippen LogP contribution in [0.1, 0.15) is 50.5 Å². The number of hydrogen-bond donors (Lipinski definition) is 2. The highest BCUT2D eigenvalue weighted by atomic mass is 16.5. The van der Waals surface area contributed by atoms with E-state index in [1.54, 1.807) is 0 Å². The fraction of sp³-hybridized carbons (Fsp3) is 0.619. The summed E-state index contributed by atoms with van der Waals surface area (Å²) < 4.78 is 11.3. The van der Waals surface area contributed by atoms with Gasteiger partial charge in [0.15, 0.2) is 0 Å². The third-order valence-electron chi connectivity index (χ3n) is 5.54. The average Bonchev–Trinajstić information content (AvgIpc) is 3.19. The van der Waals surface area contributed by atoms with Gasteiger partial charge in [0.05, 0.1) is 12.0 Å². The van der Waals surface area contributed by atoms with E-state index in [0.29, 0.717) is 38.3 Å². The van der Waals surface area contributed by atoms with E-state index in [2.05, 4.69) is 5.32 Å². The summed E-state index contributed by atoms with van der Waals surface area (Å²) in [7, 11) is 0. The minimum atomic E-state index is -0.707. The van der Waals surface area contributed by atoms with Gasteiger partial charge in [-0.1, -0.05) is 12.1 Å². The van der Waals surface area contributed by atoms with E-state index in [1.165, 1.54) is 0 Å². The summed E-state index contributed by atoms with van der Waals surface area (Å²) in [6.07, 6.45) is 5.85. The molecule has 0 bridgehead atoms. The van der Waals surface area contributed by atoms with Crippen molar-refractivity contribution in [2.24, 2.45) is 11.8 Å². The molecule has 1 unspecified atom stereocenters. The third-order valence-corrected chi connectivity index (χ3v) is 5.54. The largest absolute Gasteiger partial charge is 0.491 e. The van der Waals surface area contributed by atoms with Crippen LogP contribution in [0.4, 0.5) is 0 Å². The van der Waals surface area contributed by atoms with Gasteiger partial charge in [-0.05, 0) is 62.1 Å². The van der Waals surface area contributed by atoms with Crippen LogP contribution in [0.15, 0.2) is 24.3 Å². The summed E-state index contributed by atoms with van der Waals surface area (Å²) in [5.41, 5.74) is 1.03. The van der Waals surface area contributed by atoms with Crippen molar-refractivity contribution in [1.82, 2.24) is 5.32 Å². The summed E-state index contributed by atoms with van der Waals surface area (Å²) in [5, 5.41) is 12.0. The lowest BCUT2D eigenvalue weighted by molar-refractivity contribution is -0.143. The summed E-state index contributed by atoms with van der Waals surface area (Å²) >= 11 is 0. The van der Waals surface area contributed by atoms with Crippen LogP contribution < -0.4 is 10.1 Å². The number of benzene rings is 1. The number of rotatable bonds is 8. The molecule has 1 atom stereocenters. The first-order chi connectivity index (χ1) is 13.1. The molecule has 6 nitrogen and oxygen atoms in total. The van der Waals surface area contributed by atoms with Crippen molar-refractivity contribution in [1.29, 1.82) is 0 Å². The van der Waals surface area contributed by atoms with Crippen LogP contribution in [0.25, 0.3) is 0 Å². The number of carboxylic acids is 1. The van der Waals surface area contributed by atoms with Gasteiger partial charge in [0.1, 0.15) is 12.4 Å². The predicted molar refractivity (Wildman–Crippen MR) is 100 cm³/mol. The van der Waals surface area contributed by atoms with Crippen LogP contribution in [0.5, 0.6) is 5.75 Å². The molecule has 2 fully saturated rings. The third kappa shape index (κ3) is 6.24. The molecule has 27 heavy (non-hydrogen) atoms. The first-order valence-corrected chi connectivity index (χ1v) is 9.93. The fourth-order valence-corrected chi connectivity index (χ4v) is 3.82. The van der Waals surface area contributed by atoms with Crippen molar-refractivity contribution >= 4 is 11.9 Å². The lowest BCUT2D eigenvalue weighted by atomic mass is 9.80. The minimum absolute atomic E-state index is 0.0347. The molecular formula is C21H29NO5. The highest BCUT2D eigenvalue weighted by molar-refractivity contribution is 5.76. The van der Waals surface area contributed by atoms with E-state index >= 15 is 0 Å². The maximum absolute atomic E-state index is 12.2. The van der Waals surface area contributed by atoms with Crippen molar-refractivity contribution in [2.45, 2.75) is 57.6 Å². The lowest BCUT2D eigenvalue weighted by Gasteiger charge is -2.25. The van der Waals surface area contributed by atoms with Crippen LogP contribution in [-0.2, 0) is 20.9 Å². The first kappa shape index (κ1) is 19.7. The smallest absolute Gasteiger partial charge is 0.306 e. The zero-order chi connectivity index (χ0) is 19.1. The van der Waals surface area contributed by atoms with E-state index in [9.17, 15) is 9.59 Å². The molecule has 148 valence electrons. The molecule has 1 aromatic carbocycles. The number of carboxylic acid groups (broad SMARTS) is 1. The predicted octanol–water partition coefficient (Wildman–Crippen LogP) is 3.14. The topological polar surface area (TPSA) is 84.9 Å². The van der Waals surface area contributed by atoms with Gasteiger partial charge in [0.2, 0.25) is 5.91 Å². The Bertz CT molecular complexity index is 616. The SMILES string of the molecule is O=C(CC1CCC(C(=O)O)CC1)NCc1ccc(OCC2CCCO2)cc1. The number of nitrogens with one attached hydrogen (secondary N) is 1. The molecule has 1 aliphatic heterocycles. The highest BCUT2D eigenvalue weighted by Gasteiger charge is 2.27. The monoisotopic (exact) mass is 375 g/mol. The second-order valence-corrected chi connectivity index (χ2v) is 7.63. The van der Waals surface area contributed by atoms with Gasteiger partial charge < -0.3 is 19.9 Å². The van der Waals surface area contributed by atoms with Crippen LogP contribution in [0.3, 0.4) is 0 Å².